The number of hydrogen-bond donors (Lipinski definition) is 3. The van der Waals surface area contributed by atoms with Gasteiger partial charge in [-0.3, -0.25) is 0 Å². The minimum Gasteiger partial charge on any atom is -0.504 e. The molecule has 106 valence electrons. The molecular formula is C14H27NO3. The lowest BCUT2D eigenvalue weighted by molar-refractivity contribution is 0.288. The van der Waals surface area contributed by atoms with Crippen molar-refractivity contribution in [2.45, 2.75) is 33.6 Å². The number of aliphatic hydroxyl groups is 1. The first-order chi connectivity index (χ1) is 8.69. The maximum Gasteiger partial charge on any atom is 0.163 e. The number of hydrogen-bond acceptors (Lipinski definition) is 4. The van der Waals surface area contributed by atoms with E-state index in [-0.39, 0.29) is 12.4 Å². The molecule has 4 N–H and O–H groups in total. The molecule has 0 atom stereocenters. The number of benzene rings is 1. The number of aryl methyl sites for hydroxylation is 2. The Balaban J connectivity index is 0. The summed E-state index contributed by atoms with van der Waals surface area (Å²) in [5.74, 6) is 0.693. The van der Waals surface area contributed by atoms with E-state index in [9.17, 15) is 5.11 Å². The summed E-state index contributed by atoms with van der Waals surface area (Å²) >= 11 is 0. The fourth-order valence-electron chi connectivity index (χ4n) is 1.52. The smallest absolute Gasteiger partial charge is 0.163 e. The fourth-order valence-corrected chi connectivity index (χ4v) is 1.52. The quantitative estimate of drug-likeness (QED) is 0.773. The highest BCUT2D eigenvalue weighted by molar-refractivity contribution is 5.47. The Morgan fingerprint density at radius 1 is 1.22 bits per heavy atom. The monoisotopic (exact) mass is 257 g/mol. The first-order valence-electron chi connectivity index (χ1n) is 6.24. The van der Waals surface area contributed by atoms with Crippen molar-refractivity contribution in [3.05, 3.63) is 23.3 Å². The van der Waals surface area contributed by atoms with Crippen LogP contribution in [0.4, 0.5) is 0 Å². The lowest BCUT2D eigenvalue weighted by Crippen LogP contribution is -1.93. The first kappa shape index (κ1) is 19.1. The highest BCUT2D eigenvalue weighted by Crippen LogP contribution is 2.31. The van der Waals surface area contributed by atoms with Gasteiger partial charge in [0.05, 0.1) is 7.11 Å². The van der Waals surface area contributed by atoms with Crippen LogP contribution in [-0.4, -0.2) is 31.0 Å². The molecule has 4 heteroatoms. The Labute approximate surface area is 110 Å². The number of nitrogens with two attached hydrogens (primary N) is 1. The summed E-state index contributed by atoms with van der Waals surface area (Å²) in [6.07, 6.45) is 1.49. The average molecular weight is 257 g/mol. The second kappa shape index (κ2) is 12.2. The van der Waals surface area contributed by atoms with Crippen LogP contribution < -0.4 is 10.5 Å². The molecule has 0 aromatic heterocycles. The second-order valence-corrected chi connectivity index (χ2v) is 3.29. The normalized spacial score (nSPS) is 8.61. The van der Waals surface area contributed by atoms with Crippen LogP contribution in [0.2, 0.25) is 0 Å². The standard InChI is InChI=1S/C11H16O3.C2H6.CH5N/c1-8-6-9(4-3-5-12)7-10(13)11(8)14-2;2*1-2/h6-7,12-13H,3-5H2,1-2H3;1-2H3;2H2,1H3. The molecule has 1 aromatic carbocycles. The van der Waals surface area contributed by atoms with Crippen LogP contribution in [0.1, 0.15) is 31.4 Å². The van der Waals surface area contributed by atoms with Gasteiger partial charge in [0.2, 0.25) is 0 Å². The molecule has 0 amide bonds. The molecule has 0 heterocycles. The van der Waals surface area contributed by atoms with E-state index < -0.39 is 0 Å². The van der Waals surface area contributed by atoms with Crippen LogP contribution in [0.25, 0.3) is 0 Å². The number of rotatable bonds is 4. The summed E-state index contributed by atoms with van der Waals surface area (Å²) in [4.78, 5) is 0. The van der Waals surface area contributed by atoms with Gasteiger partial charge < -0.3 is 20.7 Å². The zero-order valence-electron chi connectivity index (χ0n) is 12.2. The number of phenols is 1. The number of aliphatic hydroxyl groups excluding tert-OH is 1. The number of phenolic OH excluding ortho intramolecular Hbond substituents is 1. The molecule has 4 nitrogen and oxygen atoms in total. The molecule has 0 aliphatic rings. The molecule has 0 unspecified atom stereocenters. The topological polar surface area (TPSA) is 75.7 Å². The summed E-state index contributed by atoms with van der Waals surface area (Å²) < 4.78 is 5.04. The zero-order chi connectivity index (χ0) is 14.6. The van der Waals surface area contributed by atoms with E-state index in [1.807, 2.05) is 26.8 Å². The van der Waals surface area contributed by atoms with E-state index in [4.69, 9.17) is 9.84 Å². The predicted molar refractivity (Wildman–Crippen MR) is 76.3 cm³/mol. The highest BCUT2D eigenvalue weighted by atomic mass is 16.5. The second-order valence-electron chi connectivity index (χ2n) is 3.29. The van der Waals surface area contributed by atoms with E-state index in [0.717, 1.165) is 17.5 Å². The van der Waals surface area contributed by atoms with Gasteiger partial charge in [-0.05, 0) is 44.0 Å². The number of aromatic hydroxyl groups is 1. The van der Waals surface area contributed by atoms with Gasteiger partial charge in [0, 0.05) is 6.61 Å². The van der Waals surface area contributed by atoms with Crippen LogP contribution in [0.15, 0.2) is 12.1 Å². The van der Waals surface area contributed by atoms with Crippen molar-refractivity contribution in [3.63, 3.8) is 0 Å². The van der Waals surface area contributed by atoms with Crippen LogP contribution in [0.5, 0.6) is 11.5 Å². The van der Waals surface area contributed by atoms with E-state index in [1.165, 1.54) is 14.2 Å². The molecule has 0 radical (unpaired) electrons. The highest BCUT2D eigenvalue weighted by Gasteiger charge is 2.06. The Bertz CT molecular complexity index is 291. The van der Waals surface area contributed by atoms with Gasteiger partial charge in [-0.1, -0.05) is 19.9 Å². The Kier molecular flexibility index (Phi) is 12.9. The third-order valence-electron chi connectivity index (χ3n) is 2.14. The molecule has 0 saturated heterocycles. The molecule has 18 heavy (non-hydrogen) atoms. The Hall–Kier alpha value is -1.26. The SMILES string of the molecule is CC.CN.COc1c(C)cc(CCCO)cc1O. The maximum absolute atomic E-state index is 9.58. The molecule has 1 aromatic rings. The van der Waals surface area contributed by atoms with Gasteiger partial charge in [0.1, 0.15) is 0 Å². The molecular weight excluding hydrogens is 230 g/mol. The average Bonchev–Trinajstić information content (AvgIpc) is 2.41. The van der Waals surface area contributed by atoms with Crippen LogP contribution in [-0.2, 0) is 6.42 Å². The Morgan fingerprint density at radius 2 is 1.78 bits per heavy atom. The van der Waals surface area contributed by atoms with Crippen molar-refractivity contribution in [2.75, 3.05) is 20.8 Å². The molecule has 0 spiro atoms. The summed E-state index contributed by atoms with van der Waals surface area (Å²) in [6.45, 7) is 6.06. The van der Waals surface area contributed by atoms with Crippen molar-refractivity contribution in [3.8, 4) is 11.5 Å². The van der Waals surface area contributed by atoms with Crippen LogP contribution in [0, 0.1) is 6.92 Å². The van der Waals surface area contributed by atoms with Crippen LogP contribution >= 0.6 is 0 Å². The molecule has 0 aliphatic carbocycles. The van der Waals surface area contributed by atoms with Crippen molar-refractivity contribution >= 4 is 0 Å². The summed E-state index contributed by atoms with van der Waals surface area (Å²) in [6, 6.07) is 3.65. The van der Waals surface area contributed by atoms with Gasteiger partial charge >= 0.3 is 0 Å². The van der Waals surface area contributed by atoms with E-state index >= 15 is 0 Å². The number of methoxy groups -OCH3 is 1. The van der Waals surface area contributed by atoms with E-state index in [2.05, 4.69) is 5.73 Å². The molecule has 0 aliphatic heterocycles. The lowest BCUT2D eigenvalue weighted by atomic mass is 10.1. The fraction of sp³-hybridized carbons (Fsp3) is 0.571. The summed E-state index contributed by atoms with van der Waals surface area (Å²) in [7, 11) is 3.04. The van der Waals surface area contributed by atoms with Gasteiger partial charge in [-0.15, -0.1) is 0 Å². The minimum atomic E-state index is 0.167. The molecule has 0 bridgehead atoms. The third kappa shape index (κ3) is 6.47. The van der Waals surface area contributed by atoms with Gasteiger partial charge in [0.25, 0.3) is 0 Å². The van der Waals surface area contributed by atoms with Crippen LogP contribution in [0.3, 0.4) is 0 Å². The summed E-state index contributed by atoms with van der Waals surface area (Å²) in [5.41, 5.74) is 6.44. The lowest BCUT2D eigenvalue weighted by Gasteiger charge is -2.09. The van der Waals surface area contributed by atoms with Gasteiger partial charge in [-0.2, -0.15) is 0 Å². The van der Waals surface area contributed by atoms with Gasteiger partial charge in [0.15, 0.2) is 11.5 Å². The Morgan fingerprint density at radius 3 is 2.17 bits per heavy atom. The third-order valence-corrected chi connectivity index (χ3v) is 2.14. The van der Waals surface area contributed by atoms with Crippen molar-refractivity contribution < 1.29 is 14.9 Å². The largest absolute Gasteiger partial charge is 0.504 e. The van der Waals surface area contributed by atoms with Crippen molar-refractivity contribution in [2.24, 2.45) is 5.73 Å². The molecule has 0 fully saturated rings. The molecule has 0 saturated carbocycles. The van der Waals surface area contributed by atoms with Gasteiger partial charge in [-0.25, -0.2) is 0 Å². The first-order valence-corrected chi connectivity index (χ1v) is 6.24. The number of ether oxygens (including phenoxy) is 1. The van der Waals surface area contributed by atoms with Crippen molar-refractivity contribution in [1.82, 2.24) is 0 Å². The van der Waals surface area contributed by atoms with E-state index in [1.54, 1.807) is 6.07 Å². The van der Waals surface area contributed by atoms with Crippen molar-refractivity contribution in [1.29, 1.82) is 0 Å². The van der Waals surface area contributed by atoms with E-state index in [0.29, 0.717) is 12.2 Å². The minimum absolute atomic E-state index is 0.167. The molecule has 1 rings (SSSR count). The summed E-state index contributed by atoms with van der Waals surface area (Å²) in [5, 5.41) is 18.3. The zero-order valence-corrected chi connectivity index (χ0v) is 12.2. The predicted octanol–water partition coefficient (Wildman–Crippen LogP) is 2.24. The maximum atomic E-state index is 9.58.